The van der Waals surface area contributed by atoms with Gasteiger partial charge in [0, 0.05) is 0 Å². The van der Waals surface area contributed by atoms with Gasteiger partial charge in [0.05, 0.1) is 23.3 Å². The number of hydrogen-bond acceptors (Lipinski definition) is 2. The Morgan fingerprint density at radius 3 is 2.57 bits per heavy atom. The molecule has 0 unspecified atom stereocenters. The van der Waals surface area contributed by atoms with Crippen LogP contribution in [0, 0.1) is 22.7 Å². The largest absolute Gasteiger partial charge is 0.192 e. The van der Waals surface area contributed by atoms with Gasteiger partial charge in [0.25, 0.3) is 0 Å². The van der Waals surface area contributed by atoms with Crippen molar-refractivity contribution in [2.75, 3.05) is 0 Å². The van der Waals surface area contributed by atoms with Crippen molar-refractivity contribution in [3.63, 3.8) is 0 Å². The summed E-state index contributed by atoms with van der Waals surface area (Å²) in [4.78, 5) is 0. The SMILES string of the molecule is C=C(C)Cc1ccc(C#N)cc1C#N. The monoisotopic (exact) mass is 182 g/mol. The standard InChI is InChI=1S/C12H10N2/c1-9(2)5-11-4-3-10(7-13)6-12(11)8-14/h3-4,6H,1,5H2,2H3. The van der Waals surface area contributed by atoms with E-state index < -0.39 is 0 Å². The Balaban J connectivity index is 3.15. The Bertz CT molecular complexity index is 444. The number of hydrogen-bond donors (Lipinski definition) is 0. The van der Waals surface area contributed by atoms with Crippen LogP contribution >= 0.6 is 0 Å². The molecule has 2 nitrogen and oxygen atoms in total. The topological polar surface area (TPSA) is 47.6 Å². The van der Waals surface area contributed by atoms with Crippen molar-refractivity contribution in [2.24, 2.45) is 0 Å². The predicted octanol–water partition coefficient (Wildman–Crippen LogP) is 2.55. The highest BCUT2D eigenvalue weighted by Gasteiger charge is 2.03. The van der Waals surface area contributed by atoms with E-state index in [2.05, 4.69) is 12.6 Å². The van der Waals surface area contributed by atoms with E-state index in [1.54, 1.807) is 12.1 Å². The second kappa shape index (κ2) is 4.25. The summed E-state index contributed by atoms with van der Waals surface area (Å²) >= 11 is 0. The second-order valence-corrected chi connectivity index (χ2v) is 3.23. The Morgan fingerprint density at radius 2 is 2.07 bits per heavy atom. The van der Waals surface area contributed by atoms with E-state index in [1.165, 1.54) is 0 Å². The van der Waals surface area contributed by atoms with Crippen molar-refractivity contribution in [2.45, 2.75) is 13.3 Å². The van der Waals surface area contributed by atoms with E-state index in [9.17, 15) is 0 Å². The number of nitriles is 2. The average molecular weight is 182 g/mol. The molecule has 0 aromatic heterocycles. The summed E-state index contributed by atoms with van der Waals surface area (Å²) in [5.41, 5.74) is 3.02. The minimum Gasteiger partial charge on any atom is -0.192 e. The van der Waals surface area contributed by atoms with E-state index in [-0.39, 0.29) is 0 Å². The van der Waals surface area contributed by atoms with Crippen LogP contribution in [0.15, 0.2) is 30.4 Å². The van der Waals surface area contributed by atoms with Gasteiger partial charge in [-0.05, 0) is 31.0 Å². The maximum absolute atomic E-state index is 8.86. The first-order chi connectivity index (χ1) is 6.67. The molecule has 0 radical (unpaired) electrons. The molecule has 68 valence electrons. The minimum absolute atomic E-state index is 0.520. The number of nitrogens with zero attached hydrogens (tertiary/aromatic N) is 2. The average Bonchev–Trinajstić information content (AvgIpc) is 2.17. The van der Waals surface area contributed by atoms with Crippen LogP contribution < -0.4 is 0 Å². The van der Waals surface area contributed by atoms with Crippen LogP contribution in [0.25, 0.3) is 0 Å². The van der Waals surface area contributed by atoms with E-state index in [0.29, 0.717) is 17.5 Å². The molecule has 0 aliphatic carbocycles. The highest BCUT2D eigenvalue weighted by Crippen LogP contribution is 2.14. The molecule has 1 rings (SSSR count). The quantitative estimate of drug-likeness (QED) is 0.660. The van der Waals surface area contributed by atoms with Crippen LogP contribution in [0.4, 0.5) is 0 Å². The summed E-state index contributed by atoms with van der Waals surface area (Å²) in [6, 6.07) is 9.23. The van der Waals surface area contributed by atoms with Crippen LogP contribution in [0.1, 0.15) is 23.6 Å². The molecule has 0 bridgehead atoms. The van der Waals surface area contributed by atoms with E-state index in [1.807, 2.05) is 19.1 Å². The fourth-order valence-electron chi connectivity index (χ4n) is 1.23. The maximum atomic E-state index is 8.86. The summed E-state index contributed by atoms with van der Waals surface area (Å²) in [5, 5.41) is 17.5. The third-order valence-electron chi connectivity index (χ3n) is 1.85. The fourth-order valence-corrected chi connectivity index (χ4v) is 1.23. The van der Waals surface area contributed by atoms with Gasteiger partial charge in [-0.2, -0.15) is 10.5 Å². The van der Waals surface area contributed by atoms with Gasteiger partial charge in [0.1, 0.15) is 0 Å². The normalized spacial score (nSPS) is 8.79. The molecule has 1 aromatic carbocycles. The predicted molar refractivity (Wildman–Crippen MR) is 54.4 cm³/mol. The zero-order valence-corrected chi connectivity index (χ0v) is 8.04. The summed E-state index contributed by atoms with van der Waals surface area (Å²) in [5.74, 6) is 0. The molecule has 0 spiro atoms. The molecular formula is C12H10N2. The van der Waals surface area contributed by atoms with Crippen molar-refractivity contribution in [1.82, 2.24) is 0 Å². The van der Waals surface area contributed by atoms with Crippen LogP contribution in [0.3, 0.4) is 0 Å². The number of rotatable bonds is 2. The molecule has 1 aromatic rings. The molecule has 0 amide bonds. The summed E-state index contributed by atoms with van der Waals surface area (Å²) in [6.45, 7) is 5.71. The Kier molecular flexibility index (Phi) is 3.05. The number of benzene rings is 1. The van der Waals surface area contributed by atoms with Crippen LogP contribution in [0.2, 0.25) is 0 Å². The van der Waals surface area contributed by atoms with Crippen molar-refractivity contribution in [1.29, 1.82) is 10.5 Å². The molecule has 0 N–H and O–H groups in total. The second-order valence-electron chi connectivity index (χ2n) is 3.23. The first-order valence-electron chi connectivity index (χ1n) is 4.25. The highest BCUT2D eigenvalue weighted by atomic mass is 14.3. The van der Waals surface area contributed by atoms with Crippen LogP contribution in [-0.2, 0) is 6.42 Å². The molecule has 0 heterocycles. The lowest BCUT2D eigenvalue weighted by atomic mass is 10.00. The molecule has 0 aliphatic rings. The summed E-state index contributed by atoms with van der Waals surface area (Å²) in [7, 11) is 0. The lowest BCUT2D eigenvalue weighted by Gasteiger charge is -2.03. The van der Waals surface area contributed by atoms with Crippen LogP contribution in [-0.4, -0.2) is 0 Å². The Hall–Kier alpha value is -2.06. The summed E-state index contributed by atoms with van der Waals surface area (Å²) in [6.07, 6.45) is 0.689. The molecule has 0 saturated carbocycles. The van der Waals surface area contributed by atoms with Crippen LogP contribution in [0.5, 0.6) is 0 Å². The number of allylic oxidation sites excluding steroid dienone is 1. The summed E-state index contributed by atoms with van der Waals surface area (Å²) < 4.78 is 0. The van der Waals surface area contributed by atoms with Crippen molar-refractivity contribution < 1.29 is 0 Å². The zero-order valence-electron chi connectivity index (χ0n) is 8.04. The van der Waals surface area contributed by atoms with E-state index in [0.717, 1.165) is 11.1 Å². The van der Waals surface area contributed by atoms with Gasteiger partial charge < -0.3 is 0 Å². The molecule has 2 heteroatoms. The molecule has 0 atom stereocenters. The molecule has 14 heavy (non-hydrogen) atoms. The molecule has 0 aliphatic heterocycles. The molecular weight excluding hydrogens is 172 g/mol. The van der Waals surface area contributed by atoms with Gasteiger partial charge >= 0.3 is 0 Å². The first-order valence-corrected chi connectivity index (χ1v) is 4.25. The van der Waals surface area contributed by atoms with Gasteiger partial charge in [0.15, 0.2) is 0 Å². The lowest BCUT2D eigenvalue weighted by molar-refractivity contribution is 1.14. The van der Waals surface area contributed by atoms with Gasteiger partial charge in [-0.3, -0.25) is 0 Å². The van der Waals surface area contributed by atoms with Gasteiger partial charge in [-0.15, -0.1) is 0 Å². The highest BCUT2D eigenvalue weighted by molar-refractivity contribution is 5.45. The minimum atomic E-state index is 0.520. The molecule has 0 fully saturated rings. The van der Waals surface area contributed by atoms with Crippen molar-refractivity contribution in [3.8, 4) is 12.1 Å². The third-order valence-corrected chi connectivity index (χ3v) is 1.85. The van der Waals surface area contributed by atoms with E-state index in [4.69, 9.17) is 10.5 Å². The smallest absolute Gasteiger partial charge is 0.0995 e. The first kappa shape index (κ1) is 10.0. The Morgan fingerprint density at radius 1 is 1.36 bits per heavy atom. The molecule has 0 saturated heterocycles. The zero-order chi connectivity index (χ0) is 10.6. The van der Waals surface area contributed by atoms with Crippen molar-refractivity contribution in [3.05, 3.63) is 47.0 Å². The fraction of sp³-hybridized carbons (Fsp3) is 0.167. The third kappa shape index (κ3) is 2.21. The lowest BCUT2D eigenvalue weighted by Crippen LogP contribution is -1.92. The van der Waals surface area contributed by atoms with Crippen molar-refractivity contribution >= 4 is 0 Å². The maximum Gasteiger partial charge on any atom is 0.0995 e. The van der Waals surface area contributed by atoms with Gasteiger partial charge in [0.2, 0.25) is 0 Å². The Labute approximate surface area is 83.7 Å². The van der Waals surface area contributed by atoms with Gasteiger partial charge in [-0.25, -0.2) is 0 Å². The van der Waals surface area contributed by atoms with E-state index >= 15 is 0 Å². The van der Waals surface area contributed by atoms with Gasteiger partial charge in [-0.1, -0.05) is 18.2 Å².